The summed E-state index contributed by atoms with van der Waals surface area (Å²) in [7, 11) is 2.07. The molecule has 1 N–H and O–H groups in total. The average molecular weight is 312 g/mol. The predicted octanol–water partition coefficient (Wildman–Crippen LogP) is 2.81. The molecule has 0 spiro atoms. The second-order valence-electron chi connectivity index (χ2n) is 6.09. The molecule has 18 heavy (non-hydrogen) atoms. The Labute approximate surface area is 117 Å². The van der Waals surface area contributed by atoms with Crippen molar-refractivity contribution in [2.24, 2.45) is 18.4 Å². The summed E-state index contributed by atoms with van der Waals surface area (Å²) >= 11 is 3.71. The van der Waals surface area contributed by atoms with Gasteiger partial charge >= 0.3 is 0 Å². The average Bonchev–Trinajstić information content (AvgIpc) is 2.87. The normalized spacial score (nSPS) is 23.3. The lowest BCUT2D eigenvalue weighted by molar-refractivity contribution is 0.0786. The van der Waals surface area contributed by atoms with Crippen LogP contribution < -0.4 is 5.32 Å². The first-order chi connectivity index (χ1) is 8.62. The van der Waals surface area contributed by atoms with Crippen molar-refractivity contribution >= 4 is 15.9 Å². The van der Waals surface area contributed by atoms with Crippen molar-refractivity contribution in [3.8, 4) is 0 Å². The third kappa shape index (κ3) is 1.94. The number of nitrogens with zero attached hydrogens (tertiary/aromatic N) is 2. The Hall–Kier alpha value is -0.350. The Morgan fingerprint density at radius 1 is 1.39 bits per heavy atom. The van der Waals surface area contributed by atoms with Gasteiger partial charge in [0, 0.05) is 25.6 Å². The van der Waals surface area contributed by atoms with Crippen molar-refractivity contribution in [2.75, 3.05) is 13.1 Å². The van der Waals surface area contributed by atoms with Crippen LogP contribution in [0.15, 0.2) is 4.47 Å². The molecule has 1 aromatic rings. The molecule has 0 amide bonds. The van der Waals surface area contributed by atoms with Gasteiger partial charge in [-0.2, -0.15) is 5.10 Å². The van der Waals surface area contributed by atoms with E-state index in [1.54, 1.807) is 0 Å². The monoisotopic (exact) mass is 311 g/mol. The lowest BCUT2D eigenvalue weighted by Gasteiger charge is -2.47. The van der Waals surface area contributed by atoms with E-state index in [0.29, 0.717) is 5.41 Å². The summed E-state index contributed by atoms with van der Waals surface area (Å²) in [6, 6.07) is 0. The SMILES string of the molecule is Cc1nn(C)c(CC2(C3CCCC3)CNC2)c1Br. The minimum absolute atomic E-state index is 0.499. The minimum Gasteiger partial charge on any atom is -0.315 e. The van der Waals surface area contributed by atoms with Crippen molar-refractivity contribution in [3.05, 3.63) is 15.9 Å². The fourth-order valence-electron chi connectivity index (χ4n) is 3.75. The van der Waals surface area contributed by atoms with E-state index in [2.05, 4.69) is 45.0 Å². The number of halogens is 1. The highest BCUT2D eigenvalue weighted by Gasteiger charge is 2.45. The maximum absolute atomic E-state index is 4.53. The van der Waals surface area contributed by atoms with Gasteiger partial charge < -0.3 is 5.32 Å². The molecule has 1 aliphatic heterocycles. The van der Waals surface area contributed by atoms with Gasteiger partial charge in [0.25, 0.3) is 0 Å². The first-order valence-electron chi connectivity index (χ1n) is 7.01. The zero-order chi connectivity index (χ0) is 12.8. The van der Waals surface area contributed by atoms with E-state index in [4.69, 9.17) is 0 Å². The molecule has 0 radical (unpaired) electrons. The topological polar surface area (TPSA) is 29.9 Å². The largest absolute Gasteiger partial charge is 0.315 e. The second-order valence-corrected chi connectivity index (χ2v) is 6.89. The lowest BCUT2D eigenvalue weighted by atomic mass is 9.67. The summed E-state index contributed by atoms with van der Waals surface area (Å²) in [6.07, 6.45) is 6.88. The van der Waals surface area contributed by atoms with Crippen LogP contribution >= 0.6 is 15.9 Å². The quantitative estimate of drug-likeness (QED) is 0.930. The van der Waals surface area contributed by atoms with Gasteiger partial charge in [0.15, 0.2) is 0 Å². The first kappa shape index (κ1) is 12.7. The number of aryl methyl sites for hydroxylation is 2. The van der Waals surface area contributed by atoms with Crippen LogP contribution in [0.25, 0.3) is 0 Å². The van der Waals surface area contributed by atoms with Crippen LogP contribution in [0.1, 0.15) is 37.1 Å². The van der Waals surface area contributed by atoms with Gasteiger partial charge in [0.05, 0.1) is 15.9 Å². The Kier molecular flexibility index (Phi) is 3.27. The smallest absolute Gasteiger partial charge is 0.0738 e. The van der Waals surface area contributed by atoms with E-state index < -0.39 is 0 Å². The summed E-state index contributed by atoms with van der Waals surface area (Å²) in [5, 5.41) is 8.03. The Morgan fingerprint density at radius 3 is 2.50 bits per heavy atom. The van der Waals surface area contributed by atoms with Gasteiger partial charge in [-0.25, -0.2) is 0 Å². The second kappa shape index (κ2) is 4.64. The molecule has 0 bridgehead atoms. The predicted molar refractivity (Wildman–Crippen MR) is 76.6 cm³/mol. The maximum atomic E-state index is 4.53. The van der Waals surface area contributed by atoms with Gasteiger partial charge in [-0.05, 0) is 48.0 Å². The molecule has 1 aromatic heterocycles. The Morgan fingerprint density at radius 2 is 2.06 bits per heavy atom. The van der Waals surface area contributed by atoms with Gasteiger partial charge in [-0.3, -0.25) is 4.68 Å². The van der Waals surface area contributed by atoms with Crippen LogP contribution in [-0.2, 0) is 13.5 Å². The van der Waals surface area contributed by atoms with E-state index >= 15 is 0 Å². The van der Waals surface area contributed by atoms with E-state index in [9.17, 15) is 0 Å². The minimum atomic E-state index is 0.499. The Balaban J connectivity index is 1.85. The molecule has 1 saturated heterocycles. The maximum Gasteiger partial charge on any atom is 0.0738 e. The van der Waals surface area contributed by atoms with Gasteiger partial charge in [-0.15, -0.1) is 0 Å². The summed E-state index contributed by atoms with van der Waals surface area (Å²) in [4.78, 5) is 0. The van der Waals surface area contributed by atoms with Gasteiger partial charge in [0.2, 0.25) is 0 Å². The molecule has 0 atom stereocenters. The zero-order valence-electron chi connectivity index (χ0n) is 11.3. The van der Waals surface area contributed by atoms with Gasteiger partial charge in [0.1, 0.15) is 0 Å². The van der Waals surface area contributed by atoms with Crippen molar-refractivity contribution in [1.82, 2.24) is 15.1 Å². The third-order valence-corrected chi connectivity index (χ3v) is 5.99. The van der Waals surface area contributed by atoms with E-state index in [-0.39, 0.29) is 0 Å². The van der Waals surface area contributed by atoms with E-state index in [0.717, 1.165) is 11.6 Å². The molecule has 2 fully saturated rings. The van der Waals surface area contributed by atoms with Crippen molar-refractivity contribution < 1.29 is 0 Å². The number of aromatic nitrogens is 2. The molecule has 0 aromatic carbocycles. The molecule has 100 valence electrons. The van der Waals surface area contributed by atoms with Crippen LogP contribution in [0.2, 0.25) is 0 Å². The lowest BCUT2D eigenvalue weighted by Crippen LogP contribution is -2.58. The van der Waals surface area contributed by atoms with Crippen LogP contribution in [0.5, 0.6) is 0 Å². The van der Waals surface area contributed by atoms with E-state index in [1.807, 2.05) is 0 Å². The number of nitrogens with one attached hydrogen (secondary N) is 1. The van der Waals surface area contributed by atoms with Gasteiger partial charge in [-0.1, -0.05) is 12.8 Å². The molecule has 3 rings (SSSR count). The molecule has 2 heterocycles. The zero-order valence-corrected chi connectivity index (χ0v) is 12.9. The summed E-state index contributed by atoms with van der Waals surface area (Å²) in [5.41, 5.74) is 2.99. The summed E-state index contributed by atoms with van der Waals surface area (Å²) in [6.45, 7) is 4.46. The number of hydrogen-bond donors (Lipinski definition) is 1. The van der Waals surface area contributed by atoms with Crippen molar-refractivity contribution in [3.63, 3.8) is 0 Å². The summed E-state index contributed by atoms with van der Waals surface area (Å²) < 4.78 is 3.28. The molecular weight excluding hydrogens is 290 g/mol. The molecule has 1 aliphatic carbocycles. The highest BCUT2D eigenvalue weighted by molar-refractivity contribution is 9.10. The molecule has 4 heteroatoms. The van der Waals surface area contributed by atoms with Crippen LogP contribution in [-0.4, -0.2) is 22.9 Å². The molecule has 0 unspecified atom stereocenters. The summed E-state index contributed by atoms with van der Waals surface area (Å²) in [5.74, 6) is 0.917. The fraction of sp³-hybridized carbons (Fsp3) is 0.786. The molecule has 2 aliphatic rings. The van der Waals surface area contributed by atoms with Crippen LogP contribution in [0.3, 0.4) is 0 Å². The van der Waals surface area contributed by atoms with Crippen LogP contribution in [0.4, 0.5) is 0 Å². The number of rotatable bonds is 3. The van der Waals surface area contributed by atoms with Crippen molar-refractivity contribution in [2.45, 2.75) is 39.0 Å². The van der Waals surface area contributed by atoms with Crippen LogP contribution in [0, 0.1) is 18.3 Å². The number of hydrogen-bond acceptors (Lipinski definition) is 2. The molecular formula is C14H22BrN3. The highest BCUT2D eigenvalue weighted by atomic mass is 79.9. The molecule has 3 nitrogen and oxygen atoms in total. The third-order valence-electron chi connectivity index (χ3n) is 4.96. The standard InChI is InChI=1S/C14H22BrN3/c1-10-13(15)12(18(2)17-10)7-14(8-16-9-14)11-5-3-4-6-11/h11,16H,3-9H2,1-2H3. The molecule has 1 saturated carbocycles. The first-order valence-corrected chi connectivity index (χ1v) is 7.80. The Bertz CT molecular complexity index is 442. The van der Waals surface area contributed by atoms with Crippen molar-refractivity contribution in [1.29, 1.82) is 0 Å². The fourth-order valence-corrected chi connectivity index (χ4v) is 4.22. The van der Waals surface area contributed by atoms with E-state index in [1.165, 1.54) is 55.4 Å². The highest BCUT2D eigenvalue weighted by Crippen LogP contribution is 2.45.